The molecule has 158 valence electrons. The van der Waals surface area contributed by atoms with E-state index in [-0.39, 0.29) is 0 Å². The van der Waals surface area contributed by atoms with Crippen LogP contribution in [0.3, 0.4) is 0 Å². The van der Waals surface area contributed by atoms with E-state index in [4.69, 9.17) is 17.2 Å². The first-order valence-corrected chi connectivity index (χ1v) is 11.2. The summed E-state index contributed by atoms with van der Waals surface area (Å²) in [4.78, 5) is 0. The highest BCUT2D eigenvalue weighted by molar-refractivity contribution is 5.78. The zero-order chi connectivity index (χ0) is 21.2. The fourth-order valence-electron chi connectivity index (χ4n) is 4.18. The van der Waals surface area contributed by atoms with Gasteiger partial charge in [0.1, 0.15) is 0 Å². The molecule has 0 aliphatic heterocycles. The fourth-order valence-corrected chi connectivity index (χ4v) is 4.18. The van der Waals surface area contributed by atoms with Gasteiger partial charge in [-0.25, -0.2) is 0 Å². The third kappa shape index (κ3) is 5.57. The van der Waals surface area contributed by atoms with Gasteiger partial charge in [-0.3, -0.25) is 0 Å². The summed E-state index contributed by atoms with van der Waals surface area (Å²) in [5.41, 5.74) is 26.7. The molecule has 3 rings (SSSR count). The predicted molar refractivity (Wildman–Crippen MR) is 129 cm³/mol. The molecule has 0 radical (unpaired) electrons. The van der Waals surface area contributed by atoms with Gasteiger partial charge in [0.15, 0.2) is 0 Å². The Morgan fingerprint density at radius 1 is 0.500 bits per heavy atom. The molecule has 6 N–H and O–H groups in total. The summed E-state index contributed by atoms with van der Waals surface area (Å²) >= 11 is 0. The molecule has 3 aromatic carbocycles. The molecule has 0 aromatic heterocycles. The number of nitrogens with two attached hydrogens (primary N) is 3. The van der Waals surface area contributed by atoms with E-state index in [2.05, 4.69) is 66.7 Å². The maximum atomic E-state index is 5.81. The summed E-state index contributed by atoms with van der Waals surface area (Å²) in [7, 11) is 0. The van der Waals surface area contributed by atoms with E-state index in [1.54, 1.807) is 0 Å². The van der Waals surface area contributed by atoms with E-state index in [9.17, 15) is 0 Å². The number of hydrogen-bond acceptors (Lipinski definition) is 3. The predicted octanol–water partition coefficient (Wildman–Crippen LogP) is 4.69. The lowest BCUT2D eigenvalue weighted by Gasteiger charge is -2.17. The molecule has 3 heteroatoms. The topological polar surface area (TPSA) is 78.1 Å². The zero-order valence-corrected chi connectivity index (χ0v) is 17.9. The van der Waals surface area contributed by atoms with Crippen molar-refractivity contribution in [3.8, 4) is 22.3 Å². The smallest absolute Gasteiger partial charge is 0.00741 e. The molecule has 3 nitrogen and oxygen atoms in total. The first-order chi connectivity index (χ1) is 14.8. The molecule has 3 aromatic rings. The first kappa shape index (κ1) is 22.2. The quantitative estimate of drug-likeness (QED) is 0.436. The molecule has 0 aliphatic carbocycles. The summed E-state index contributed by atoms with van der Waals surface area (Å²) < 4.78 is 0. The molecule has 0 bridgehead atoms. The van der Waals surface area contributed by atoms with Gasteiger partial charge in [-0.1, -0.05) is 60.7 Å². The van der Waals surface area contributed by atoms with Crippen molar-refractivity contribution in [2.75, 3.05) is 19.6 Å². The normalized spacial score (nSPS) is 11.0. The third-order valence-electron chi connectivity index (χ3n) is 5.67. The first-order valence-electron chi connectivity index (χ1n) is 11.2. The largest absolute Gasteiger partial charge is 0.330 e. The lowest BCUT2D eigenvalue weighted by Crippen LogP contribution is -2.05. The van der Waals surface area contributed by atoms with Crippen molar-refractivity contribution in [3.05, 3.63) is 83.4 Å². The van der Waals surface area contributed by atoms with Crippen LogP contribution in [0.5, 0.6) is 0 Å². The van der Waals surface area contributed by atoms with E-state index < -0.39 is 0 Å². The second kappa shape index (κ2) is 11.7. The highest BCUT2D eigenvalue weighted by Crippen LogP contribution is 2.34. The summed E-state index contributed by atoms with van der Waals surface area (Å²) in [5, 5.41) is 0. The Labute approximate surface area is 181 Å². The van der Waals surface area contributed by atoms with Crippen molar-refractivity contribution >= 4 is 0 Å². The Morgan fingerprint density at radius 3 is 1.63 bits per heavy atom. The van der Waals surface area contributed by atoms with Crippen LogP contribution >= 0.6 is 0 Å². The van der Waals surface area contributed by atoms with Crippen LogP contribution in [0.15, 0.2) is 66.7 Å². The molecule has 0 amide bonds. The molecule has 0 heterocycles. The second-order valence-electron chi connectivity index (χ2n) is 7.87. The van der Waals surface area contributed by atoms with Gasteiger partial charge < -0.3 is 17.2 Å². The van der Waals surface area contributed by atoms with Gasteiger partial charge in [0.25, 0.3) is 0 Å². The average molecular weight is 402 g/mol. The van der Waals surface area contributed by atoms with Crippen LogP contribution in [0.4, 0.5) is 0 Å². The Morgan fingerprint density at radius 2 is 1.00 bits per heavy atom. The van der Waals surface area contributed by atoms with Crippen molar-refractivity contribution in [3.63, 3.8) is 0 Å². The van der Waals surface area contributed by atoms with E-state index >= 15 is 0 Å². The summed E-state index contributed by atoms with van der Waals surface area (Å²) in [6.45, 7) is 2.13. The molecule has 0 fully saturated rings. The summed E-state index contributed by atoms with van der Waals surface area (Å²) in [5.74, 6) is 0. The van der Waals surface area contributed by atoms with Crippen molar-refractivity contribution in [1.29, 1.82) is 0 Å². The van der Waals surface area contributed by atoms with Gasteiger partial charge in [0, 0.05) is 0 Å². The van der Waals surface area contributed by atoms with Crippen LogP contribution in [0.1, 0.15) is 36.0 Å². The van der Waals surface area contributed by atoms with Gasteiger partial charge in [0.05, 0.1) is 0 Å². The number of hydrogen-bond donors (Lipinski definition) is 3. The monoisotopic (exact) mass is 401 g/mol. The molecule has 0 saturated heterocycles. The highest BCUT2D eigenvalue weighted by Gasteiger charge is 2.12. The van der Waals surface area contributed by atoms with Crippen LogP contribution in [0.25, 0.3) is 22.3 Å². The molecule has 0 unspecified atom stereocenters. The minimum absolute atomic E-state index is 0.709. The molecular formula is C27H35N3. The Kier molecular flexibility index (Phi) is 8.64. The fraction of sp³-hybridized carbons (Fsp3) is 0.333. The zero-order valence-electron chi connectivity index (χ0n) is 17.9. The standard InChI is InChI=1S/C27H35N3/c28-17-5-13-21-8-1-2-16-26(21)24-11-4-12-25(20-24)27-22(14-6-18-29)9-3-10-23(27)15-7-19-30/h1-4,8-12,16,20H,5-7,13-15,17-19,28-30H2. The Hall–Kier alpha value is -2.46. The van der Waals surface area contributed by atoms with Crippen LogP contribution in [-0.4, -0.2) is 19.6 Å². The average Bonchev–Trinajstić information content (AvgIpc) is 2.80. The Balaban J connectivity index is 2.06. The van der Waals surface area contributed by atoms with Gasteiger partial charge >= 0.3 is 0 Å². The van der Waals surface area contributed by atoms with Crippen molar-refractivity contribution in [2.45, 2.75) is 38.5 Å². The SMILES string of the molecule is NCCCc1ccccc1-c1cccc(-c2c(CCCN)cccc2CCCN)c1. The van der Waals surface area contributed by atoms with E-state index in [0.29, 0.717) is 19.6 Å². The molecule has 30 heavy (non-hydrogen) atoms. The van der Waals surface area contributed by atoms with E-state index in [1.165, 1.54) is 38.9 Å². The molecular weight excluding hydrogens is 366 g/mol. The third-order valence-corrected chi connectivity index (χ3v) is 5.67. The maximum Gasteiger partial charge on any atom is -0.00741 e. The molecule has 0 atom stereocenters. The van der Waals surface area contributed by atoms with Crippen molar-refractivity contribution in [2.24, 2.45) is 17.2 Å². The van der Waals surface area contributed by atoms with Gasteiger partial charge in [-0.05, 0) is 103 Å². The summed E-state index contributed by atoms with van der Waals surface area (Å²) in [6.07, 6.45) is 6.00. The number of benzene rings is 3. The lowest BCUT2D eigenvalue weighted by atomic mass is 9.88. The summed E-state index contributed by atoms with van der Waals surface area (Å²) in [6, 6.07) is 24.3. The minimum atomic E-state index is 0.709. The number of aryl methyl sites for hydroxylation is 3. The van der Waals surface area contributed by atoms with Crippen LogP contribution < -0.4 is 17.2 Å². The maximum absolute atomic E-state index is 5.81. The molecule has 0 aliphatic rings. The van der Waals surface area contributed by atoms with Crippen molar-refractivity contribution < 1.29 is 0 Å². The Bertz CT molecular complexity index is 907. The second-order valence-corrected chi connectivity index (χ2v) is 7.87. The van der Waals surface area contributed by atoms with E-state index in [0.717, 1.165) is 38.5 Å². The van der Waals surface area contributed by atoms with Crippen LogP contribution in [0, 0.1) is 0 Å². The van der Waals surface area contributed by atoms with Gasteiger partial charge in [-0.15, -0.1) is 0 Å². The van der Waals surface area contributed by atoms with Gasteiger partial charge in [0.2, 0.25) is 0 Å². The van der Waals surface area contributed by atoms with E-state index in [1.807, 2.05) is 0 Å². The van der Waals surface area contributed by atoms with Crippen molar-refractivity contribution in [1.82, 2.24) is 0 Å². The van der Waals surface area contributed by atoms with Gasteiger partial charge in [-0.2, -0.15) is 0 Å². The lowest BCUT2D eigenvalue weighted by molar-refractivity contribution is 0.818. The molecule has 0 saturated carbocycles. The van der Waals surface area contributed by atoms with Crippen LogP contribution in [0.2, 0.25) is 0 Å². The minimum Gasteiger partial charge on any atom is -0.330 e. The van der Waals surface area contributed by atoms with Crippen LogP contribution in [-0.2, 0) is 19.3 Å². The molecule has 0 spiro atoms. The highest BCUT2D eigenvalue weighted by atomic mass is 14.5. The number of rotatable bonds is 11.